The van der Waals surface area contributed by atoms with Gasteiger partial charge in [-0.2, -0.15) is 0 Å². The number of amides is 1. The van der Waals surface area contributed by atoms with Gasteiger partial charge in [0.2, 0.25) is 5.90 Å². The Labute approximate surface area is 273 Å². The van der Waals surface area contributed by atoms with E-state index in [1.54, 1.807) is 81.4 Å². The Bertz CT molecular complexity index is 1580. The van der Waals surface area contributed by atoms with E-state index < -0.39 is 29.1 Å². The number of halogens is 1. The van der Waals surface area contributed by atoms with Gasteiger partial charge in [-0.1, -0.05) is 53.1 Å². The first-order valence-electron chi connectivity index (χ1n) is 15.0. The average molecular weight is 648 g/mol. The molecule has 11 nitrogen and oxygen atoms in total. The molecule has 4 rings (SSSR count). The summed E-state index contributed by atoms with van der Waals surface area (Å²) in [5, 5.41) is 16.4. The SMILES string of the molecule is CC(C)(C)OC(=O)CC[C@@]1(C(=O)NCc2ccc(Cl)cc2)N=C(c2ccc(OCCCO)cc2)O[C@@H]1c1ccccc1CN=[N+]=[N-]. The van der Waals surface area contributed by atoms with Gasteiger partial charge >= 0.3 is 5.97 Å². The Kier molecular flexibility index (Phi) is 11.7. The van der Waals surface area contributed by atoms with Gasteiger partial charge in [0.05, 0.1) is 13.2 Å². The van der Waals surface area contributed by atoms with Gasteiger partial charge in [0.15, 0.2) is 11.6 Å². The van der Waals surface area contributed by atoms with Gasteiger partial charge in [-0.25, -0.2) is 4.99 Å². The van der Waals surface area contributed by atoms with Gasteiger partial charge in [0.25, 0.3) is 5.91 Å². The van der Waals surface area contributed by atoms with Crippen molar-refractivity contribution in [1.82, 2.24) is 5.32 Å². The van der Waals surface area contributed by atoms with Crippen molar-refractivity contribution in [3.63, 3.8) is 0 Å². The molecule has 0 unspecified atom stereocenters. The van der Waals surface area contributed by atoms with E-state index in [0.29, 0.717) is 40.5 Å². The smallest absolute Gasteiger partial charge is 0.306 e. The lowest BCUT2D eigenvalue weighted by atomic mass is 9.81. The molecule has 12 heteroatoms. The number of hydrogen-bond acceptors (Lipinski definition) is 8. The van der Waals surface area contributed by atoms with E-state index in [-0.39, 0.29) is 38.4 Å². The van der Waals surface area contributed by atoms with Crippen LogP contribution in [0.4, 0.5) is 0 Å². The fourth-order valence-electron chi connectivity index (χ4n) is 5.01. The summed E-state index contributed by atoms with van der Waals surface area (Å²) in [5.74, 6) is -0.125. The molecule has 1 amide bonds. The fraction of sp³-hybridized carbons (Fsp3) is 0.382. The maximum Gasteiger partial charge on any atom is 0.306 e. The fourth-order valence-corrected chi connectivity index (χ4v) is 5.14. The molecule has 0 spiro atoms. The Hall–Kier alpha value is -4.57. The van der Waals surface area contributed by atoms with Gasteiger partial charge in [0, 0.05) is 41.5 Å². The predicted octanol–water partition coefficient (Wildman–Crippen LogP) is 6.61. The molecule has 0 aromatic heterocycles. The minimum Gasteiger partial charge on any atom is -0.494 e. The number of hydrogen-bond donors (Lipinski definition) is 2. The molecule has 46 heavy (non-hydrogen) atoms. The van der Waals surface area contributed by atoms with Crippen molar-refractivity contribution in [3.05, 3.63) is 111 Å². The van der Waals surface area contributed by atoms with Crippen LogP contribution in [-0.2, 0) is 32.2 Å². The third kappa shape index (κ3) is 9.00. The molecule has 2 atom stereocenters. The van der Waals surface area contributed by atoms with Crippen molar-refractivity contribution < 1.29 is 28.9 Å². The molecule has 3 aromatic carbocycles. The minimum absolute atomic E-state index is 0.0241. The number of aliphatic imine (C=N–C) groups is 1. The molecule has 0 saturated carbocycles. The Morgan fingerprint density at radius 2 is 1.83 bits per heavy atom. The van der Waals surface area contributed by atoms with Crippen molar-refractivity contribution in [3.8, 4) is 5.75 Å². The number of carbonyl (C=O) groups is 2. The zero-order valence-corrected chi connectivity index (χ0v) is 26.9. The Balaban J connectivity index is 1.77. The summed E-state index contributed by atoms with van der Waals surface area (Å²) in [4.78, 5) is 35.2. The first kappa shape index (κ1) is 34.3. The lowest BCUT2D eigenvalue weighted by Gasteiger charge is -2.32. The van der Waals surface area contributed by atoms with Gasteiger partial charge in [-0.15, -0.1) is 0 Å². The van der Waals surface area contributed by atoms with E-state index in [0.717, 1.165) is 5.56 Å². The number of azide groups is 1. The van der Waals surface area contributed by atoms with Crippen molar-refractivity contribution >= 4 is 29.4 Å². The van der Waals surface area contributed by atoms with E-state index in [4.69, 9.17) is 41.4 Å². The summed E-state index contributed by atoms with van der Waals surface area (Å²) >= 11 is 6.06. The topological polar surface area (TPSA) is 155 Å². The second kappa shape index (κ2) is 15.6. The lowest BCUT2D eigenvalue weighted by molar-refractivity contribution is -0.155. The van der Waals surface area contributed by atoms with Crippen molar-refractivity contribution in [1.29, 1.82) is 0 Å². The highest BCUT2D eigenvalue weighted by atomic mass is 35.5. The van der Waals surface area contributed by atoms with E-state index in [1.165, 1.54) is 0 Å². The van der Waals surface area contributed by atoms with E-state index in [2.05, 4.69) is 15.3 Å². The number of aliphatic hydroxyl groups is 1. The second-order valence-electron chi connectivity index (χ2n) is 11.8. The summed E-state index contributed by atoms with van der Waals surface area (Å²) in [6.07, 6.45) is -0.611. The van der Waals surface area contributed by atoms with Crippen LogP contribution in [0.5, 0.6) is 5.75 Å². The van der Waals surface area contributed by atoms with Crippen LogP contribution in [0.2, 0.25) is 5.02 Å². The number of benzene rings is 3. The molecule has 0 bridgehead atoms. The molecule has 1 heterocycles. The monoisotopic (exact) mass is 647 g/mol. The van der Waals surface area contributed by atoms with Crippen LogP contribution in [0.25, 0.3) is 10.4 Å². The minimum atomic E-state index is -1.60. The second-order valence-corrected chi connectivity index (χ2v) is 12.2. The van der Waals surface area contributed by atoms with Gasteiger partial charge < -0.3 is 24.6 Å². The molecule has 1 aliphatic heterocycles. The molecule has 0 saturated heterocycles. The maximum atomic E-state index is 14.4. The van der Waals surface area contributed by atoms with Gasteiger partial charge in [-0.3, -0.25) is 9.59 Å². The number of nitrogens with zero attached hydrogens (tertiary/aromatic N) is 4. The molecule has 1 aliphatic rings. The summed E-state index contributed by atoms with van der Waals surface area (Å²) in [6.45, 7) is 5.93. The molecular weight excluding hydrogens is 610 g/mol. The van der Waals surface area contributed by atoms with Crippen LogP contribution in [0, 0.1) is 0 Å². The third-order valence-corrected chi connectivity index (χ3v) is 7.42. The Morgan fingerprint density at radius 3 is 2.50 bits per heavy atom. The van der Waals surface area contributed by atoms with Crippen LogP contribution in [0.15, 0.2) is 82.9 Å². The average Bonchev–Trinajstić information content (AvgIpc) is 3.43. The number of esters is 1. The Morgan fingerprint density at radius 1 is 1.11 bits per heavy atom. The first-order valence-corrected chi connectivity index (χ1v) is 15.4. The number of carbonyl (C=O) groups excluding carboxylic acids is 2. The van der Waals surface area contributed by atoms with E-state index in [9.17, 15) is 9.59 Å². The lowest BCUT2D eigenvalue weighted by Crippen LogP contribution is -2.48. The van der Waals surface area contributed by atoms with Crippen molar-refractivity contribution in [2.75, 3.05) is 13.2 Å². The molecule has 0 radical (unpaired) electrons. The highest BCUT2D eigenvalue weighted by molar-refractivity contribution is 6.30. The molecule has 242 valence electrons. The van der Waals surface area contributed by atoms with Crippen molar-refractivity contribution in [2.24, 2.45) is 10.1 Å². The zero-order chi connectivity index (χ0) is 33.2. The predicted molar refractivity (Wildman–Crippen MR) is 174 cm³/mol. The van der Waals surface area contributed by atoms with Crippen LogP contribution in [0.1, 0.15) is 68.4 Å². The standard InChI is InChI=1S/C34H38ClN5O6/c1-33(2,3)46-29(42)17-18-34(32(43)37-21-23-9-13-26(35)14-10-23)30(28-8-5-4-7-25(28)22-38-40-36)45-31(39-34)24-11-15-27(16-12-24)44-20-6-19-41/h4-5,7-16,30,41H,6,17-22H2,1-3H3,(H,37,43)/t30-,34-/m1/s1. The van der Waals surface area contributed by atoms with Crippen molar-refractivity contribution in [2.45, 2.75) is 70.4 Å². The number of ether oxygens (including phenoxy) is 3. The number of nitrogens with one attached hydrogen (secondary N) is 1. The molecule has 2 N–H and O–H groups in total. The zero-order valence-electron chi connectivity index (χ0n) is 26.1. The third-order valence-electron chi connectivity index (χ3n) is 7.17. The van der Waals surface area contributed by atoms with Crippen LogP contribution < -0.4 is 10.1 Å². The number of rotatable bonds is 14. The van der Waals surface area contributed by atoms with E-state index >= 15 is 0 Å². The summed E-state index contributed by atoms with van der Waals surface area (Å²) in [5.41, 5.74) is 9.40. The van der Waals surface area contributed by atoms with Gasteiger partial charge in [0.1, 0.15) is 11.4 Å². The maximum absolute atomic E-state index is 14.4. The first-order chi connectivity index (χ1) is 22.0. The molecule has 0 fully saturated rings. The highest BCUT2D eigenvalue weighted by Crippen LogP contribution is 2.44. The summed E-state index contributed by atoms with van der Waals surface area (Å²) < 4.78 is 17.8. The summed E-state index contributed by atoms with van der Waals surface area (Å²) in [7, 11) is 0. The van der Waals surface area contributed by atoms with Crippen LogP contribution in [-0.4, -0.2) is 47.2 Å². The quantitative estimate of drug-likeness (QED) is 0.0660. The molecule has 0 aliphatic carbocycles. The van der Waals surface area contributed by atoms with E-state index in [1.807, 2.05) is 12.1 Å². The molecule has 3 aromatic rings. The largest absolute Gasteiger partial charge is 0.494 e. The molecular formula is C34H38ClN5O6. The normalized spacial score (nSPS) is 17.3. The van der Waals surface area contributed by atoms with Gasteiger partial charge in [-0.05, 0) is 85.8 Å². The van der Waals surface area contributed by atoms with Crippen LogP contribution in [0.3, 0.4) is 0 Å². The summed E-state index contributed by atoms with van der Waals surface area (Å²) in [6, 6.07) is 21.4. The van der Waals surface area contributed by atoms with Crippen LogP contribution >= 0.6 is 11.6 Å². The number of aliphatic hydroxyl groups excluding tert-OH is 1. The highest BCUT2D eigenvalue weighted by Gasteiger charge is 2.53.